The quantitative estimate of drug-likeness (QED) is 0.415. The summed E-state index contributed by atoms with van der Waals surface area (Å²) >= 11 is 0. The van der Waals surface area contributed by atoms with Gasteiger partial charge in [0, 0.05) is 35.4 Å². The van der Waals surface area contributed by atoms with Gasteiger partial charge in [-0.1, -0.05) is 33.3 Å². The molecule has 1 fully saturated rings. The molecule has 4 atom stereocenters. The predicted molar refractivity (Wildman–Crippen MR) is 144 cm³/mol. The van der Waals surface area contributed by atoms with E-state index in [9.17, 15) is 34.8 Å². The van der Waals surface area contributed by atoms with Gasteiger partial charge < -0.3 is 20.4 Å². The van der Waals surface area contributed by atoms with Crippen molar-refractivity contribution in [2.45, 2.75) is 59.0 Å². The number of benzene rings is 1. The molecule has 0 bridgehead atoms. The number of aliphatic hydroxyl groups excluding tert-OH is 2. The number of fused-ring (bicyclic) bond motifs is 3. The zero-order valence-corrected chi connectivity index (χ0v) is 22.5. The van der Waals surface area contributed by atoms with E-state index in [0.717, 1.165) is 36.5 Å². The summed E-state index contributed by atoms with van der Waals surface area (Å²) in [5, 5.41) is 45.1. The van der Waals surface area contributed by atoms with Crippen molar-refractivity contribution in [3.63, 3.8) is 0 Å². The number of allylic oxidation sites excluding steroid dienone is 1. The van der Waals surface area contributed by atoms with Gasteiger partial charge in [0.15, 0.2) is 17.2 Å². The van der Waals surface area contributed by atoms with Gasteiger partial charge in [-0.2, -0.15) is 0 Å². The lowest BCUT2D eigenvalue weighted by atomic mass is 9.54. The maximum Gasteiger partial charge on any atom is 0.202 e. The highest BCUT2D eigenvalue weighted by atomic mass is 16.3. The maximum absolute atomic E-state index is 14.0. The first-order chi connectivity index (χ1) is 18.4. The lowest BCUT2D eigenvalue weighted by Gasteiger charge is -2.50. The molecule has 0 radical (unpaired) electrons. The highest BCUT2D eigenvalue weighted by Gasteiger charge is 2.63. The van der Waals surface area contributed by atoms with Crippen molar-refractivity contribution < 1.29 is 34.8 Å². The third-order valence-corrected chi connectivity index (χ3v) is 8.60. The van der Waals surface area contributed by atoms with E-state index in [4.69, 9.17) is 0 Å². The number of hydrogen-bond donors (Lipinski definition) is 4. The Morgan fingerprint density at radius 3 is 2.51 bits per heavy atom. The highest BCUT2D eigenvalue weighted by molar-refractivity contribution is 6.24. The number of aromatic nitrogens is 1. The first-order valence-corrected chi connectivity index (χ1v) is 13.4. The molecule has 8 nitrogen and oxygen atoms in total. The molecule has 5 rings (SSSR count). The van der Waals surface area contributed by atoms with Gasteiger partial charge in [0.05, 0.1) is 5.56 Å². The Bertz CT molecular complexity index is 1480. The normalized spacial score (nSPS) is 26.5. The number of ketones is 3. The van der Waals surface area contributed by atoms with Gasteiger partial charge in [-0.25, -0.2) is 0 Å². The van der Waals surface area contributed by atoms with Crippen LogP contribution in [-0.2, 0) is 27.2 Å². The van der Waals surface area contributed by atoms with Gasteiger partial charge in [0.1, 0.15) is 22.8 Å². The van der Waals surface area contributed by atoms with Crippen LogP contribution in [0.1, 0.15) is 57.2 Å². The lowest BCUT2D eigenvalue weighted by Crippen LogP contribution is -2.61. The number of phenolic OH excluding ortho intramolecular Hbond substituents is 1. The van der Waals surface area contributed by atoms with Crippen molar-refractivity contribution in [2.75, 3.05) is 0 Å². The fourth-order valence-electron chi connectivity index (χ4n) is 6.92. The Morgan fingerprint density at radius 2 is 1.87 bits per heavy atom. The number of aromatic hydroxyl groups is 1. The van der Waals surface area contributed by atoms with E-state index in [-0.39, 0.29) is 35.6 Å². The number of pyridine rings is 1. The third kappa shape index (κ3) is 3.84. The Morgan fingerprint density at radius 1 is 1.15 bits per heavy atom. The van der Waals surface area contributed by atoms with Gasteiger partial charge in [0.25, 0.3) is 0 Å². The molecule has 1 aromatic heterocycles. The number of aliphatic hydroxyl groups is 3. The molecule has 1 heterocycles. The van der Waals surface area contributed by atoms with Crippen LogP contribution < -0.4 is 0 Å². The molecule has 1 saturated carbocycles. The number of aryl methyl sites for hydroxylation is 1. The number of nitrogens with zero attached hydrogens (tertiary/aromatic N) is 1. The molecular weight excluding hydrogens is 498 g/mol. The fourth-order valence-corrected chi connectivity index (χ4v) is 6.92. The van der Waals surface area contributed by atoms with E-state index in [0.29, 0.717) is 5.56 Å². The Balaban J connectivity index is 1.72. The largest absolute Gasteiger partial charge is 0.508 e. The summed E-state index contributed by atoms with van der Waals surface area (Å²) in [6, 6.07) is 5.22. The van der Waals surface area contributed by atoms with E-state index in [1.165, 1.54) is 6.07 Å². The number of Topliss-reactive ketones (excluding diaryl/α,β-unsaturated/α-hetero) is 3. The molecule has 0 amide bonds. The number of carbonyl (C=O) groups is 3. The molecular formula is C31H33NO7. The smallest absolute Gasteiger partial charge is 0.202 e. The number of rotatable bonds is 5. The number of carbonyl (C=O) groups excluding carboxylic acids is 3. The molecule has 4 N–H and O–H groups in total. The molecule has 39 heavy (non-hydrogen) atoms. The minimum atomic E-state index is -2.53. The SMILES string of the molecule is CCCc1cncc(-c2ccc(O)c3c2CC2CC4C(C(C)C)C(=O)C(C(C)=O)=C(O)C4(O)C(=O)C2=C3O)c1. The molecule has 3 aliphatic carbocycles. The summed E-state index contributed by atoms with van der Waals surface area (Å²) < 4.78 is 0. The second-order valence-corrected chi connectivity index (χ2v) is 11.3. The van der Waals surface area contributed by atoms with E-state index < -0.39 is 57.8 Å². The summed E-state index contributed by atoms with van der Waals surface area (Å²) in [5.41, 5.74) is 0.140. The van der Waals surface area contributed by atoms with Gasteiger partial charge in [-0.05, 0) is 66.8 Å². The predicted octanol–water partition coefficient (Wildman–Crippen LogP) is 4.42. The standard InChI is InChI=1S/C31H33NO7/c1-5-6-16-9-18(13-32-12-16)19-7-8-22(34)26-20(19)10-17-11-21-23(14(2)3)27(35)24(15(4)33)29(37)31(21,39)30(38)25(17)28(26)36/h7-9,12-14,17,21,23,34,36-37,39H,5-6,10-11H2,1-4H3. The summed E-state index contributed by atoms with van der Waals surface area (Å²) in [4.78, 5) is 44.1. The Kier molecular flexibility index (Phi) is 6.50. The fraction of sp³-hybridized carbons (Fsp3) is 0.419. The van der Waals surface area contributed by atoms with Crippen LogP contribution >= 0.6 is 0 Å². The molecule has 8 heteroatoms. The summed E-state index contributed by atoms with van der Waals surface area (Å²) in [6.07, 6.45) is 5.69. The first kappa shape index (κ1) is 26.8. The van der Waals surface area contributed by atoms with Gasteiger partial charge in [0.2, 0.25) is 5.78 Å². The summed E-state index contributed by atoms with van der Waals surface area (Å²) in [6.45, 7) is 6.74. The molecule has 1 aromatic carbocycles. The van der Waals surface area contributed by atoms with Crippen molar-refractivity contribution in [1.29, 1.82) is 0 Å². The zero-order valence-electron chi connectivity index (χ0n) is 22.5. The number of hydrogen-bond acceptors (Lipinski definition) is 8. The van der Waals surface area contributed by atoms with Crippen LogP contribution in [0.2, 0.25) is 0 Å². The van der Waals surface area contributed by atoms with Crippen molar-refractivity contribution in [2.24, 2.45) is 23.7 Å². The first-order valence-electron chi connectivity index (χ1n) is 13.4. The van der Waals surface area contributed by atoms with Crippen LogP contribution in [0.3, 0.4) is 0 Å². The van der Waals surface area contributed by atoms with Crippen LogP contribution in [0.15, 0.2) is 47.5 Å². The van der Waals surface area contributed by atoms with Crippen LogP contribution in [0.25, 0.3) is 16.9 Å². The maximum atomic E-state index is 14.0. The van der Waals surface area contributed by atoms with Gasteiger partial charge >= 0.3 is 0 Å². The van der Waals surface area contributed by atoms with E-state index in [2.05, 4.69) is 11.9 Å². The van der Waals surface area contributed by atoms with Crippen LogP contribution in [0.5, 0.6) is 5.75 Å². The Labute approximate surface area is 226 Å². The van der Waals surface area contributed by atoms with Crippen molar-refractivity contribution >= 4 is 23.1 Å². The average molecular weight is 532 g/mol. The molecule has 0 spiro atoms. The van der Waals surface area contributed by atoms with Crippen molar-refractivity contribution in [1.82, 2.24) is 4.98 Å². The minimum Gasteiger partial charge on any atom is -0.508 e. The molecule has 0 aliphatic heterocycles. The molecule has 3 aliphatic rings. The lowest BCUT2D eigenvalue weighted by molar-refractivity contribution is -0.155. The third-order valence-electron chi connectivity index (χ3n) is 8.60. The summed E-state index contributed by atoms with van der Waals surface area (Å²) in [7, 11) is 0. The molecule has 204 valence electrons. The topological polar surface area (TPSA) is 145 Å². The zero-order chi connectivity index (χ0) is 28.4. The van der Waals surface area contributed by atoms with Crippen LogP contribution in [0, 0.1) is 23.7 Å². The summed E-state index contributed by atoms with van der Waals surface area (Å²) in [5.74, 6) is -6.68. The molecule has 0 saturated heterocycles. The van der Waals surface area contributed by atoms with Crippen LogP contribution in [0.4, 0.5) is 0 Å². The van der Waals surface area contributed by atoms with Gasteiger partial charge in [-0.15, -0.1) is 0 Å². The Hall–Kier alpha value is -3.78. The molecule has 4 unspecified atom stereocenters. The van der Waals surface area contributed by atoms with Gasteiger partial charge in [-0.3, -0.25) is 19.4 Å². The van der Waals surface area contributed by atoms with Crippen LogP contribution in [-0.4, -0.2) is 48.4 Å². The minimum absolute atomic E-state index is 0.0950. The number of phenols is 1. The monoisotopic (exact) mass is 531 g/mol. The average Bonchev–Trinajstić information content (AvgIpc) is 2.86. The molecule has 2 aromatic rings. The van der Waals surface area contributed by atoms with Crippen molar-refractivity contribution in [3.05, 3.63) is 64.2 Å². The highest BCUT2D eigenvalue weighted by Crippen LogP contribution is 2.55. The second-order valence-electron chi connectivity index (χ2n) is 11.3. The second kappa shape index (κ2) is 9.45. The van der Waals surface area contributed by atoms with E-state index >= 15 is 0 Å². The van der Waals surface area contributed by atoms with E-state index in [1.54, 1.807) is 32.3 Å². The van der Waals surface area contributed by atoms with E-state index in [1.807, 2.05) is 6.07 Å². The van der Waals surface area contributed by atoms with Crippen molar-refractivity contribution in [3.8, 4) is 16.9 Å².